The number of amides is 1. The molecule has 8 aromatic rings. The Hall–Kier alpha value is -8.66. The lowest BCUT2D eigenvalue weighted by Crippen LogP contribution is -2.22. The molecule has 1 amide bonds. The van der Waals surface area contributed by atoms with Crippen molar-refractivity contribution in [1.82, 2.24) is 59.5 Å². The highest BCUT2D eigenvalue weighted by molar-refractivity contribution is 6.76. The number of fused-ring (bicyclic) bond motifs is 2. The summed E-state index contributed by atoms with van der Waals surface area (Å²) in [5.41, 5.74) is 16.6. The molecule has 2 aromatic carbocycles. The second-order valence-corrected chi connectivity index (χ2v) is 24.8. The summed E-state index contributed by atoms with van der Waals surface area (Å²) in [5, 5.41) is 50.2. The van der Waals surface area contributed by atoms with Gasteiger partial charge in [-0.15, -0.1) is 0 Å². The molecule has 0 bridgehead atoms. The number of carbonyl (C=O) groups is 2. The van der Waals surface area contributed by atoms with E-state index in [-0.39, 0.29) is 17.5 Å². The maximum Gasteiger partial charge on any atom is 0.356 e. The number of aromatic amines is 1. The molecule has 372 valence electrons. The standard InChI is InChI=1S/C23H20N8O.C18H26N4O3Si.C11H10N4/c24-8-15-2-1-3-16(6-15)12-31-13-19(11-27-31)28-23(32)22-20-5-4-17(7-21(20)29-30-22)18-9-25-14-26-10-18;1-26(2,3)7-6-25-12-22-16-8-13(14-9-19-11-20-10-14)4-5-15(16)17(21-22)18(23)24;12-5-9-2-1-3-10(4-9)7-15-8-11(13)6-14-15/h1-3,6,9-11,13-14,17H,4-5,7,12H2,(H,28,32)(H,29,30);9-11,13H,4-8,12H2,1-3H3,(H,23,24);1-4,6,8H,7,13H2. The van der Waals surface area contributed by atoms with E-state index in [1.807, 2.05) is 61.2 Å². The second-order valence-electron chi connectivity index (χ2n) is 19.2. The van der Waals surface area contributed by atoms with E-state index >= 15 is 0 Å². The highest BCUT2D eigenvalue weighted by atomic mass is 28.3. The van der Waals surface area contributed by atoms with Gasteiger partial charge in [-0.1, -0.05) is 43.9 Å². The van der Waals surface area contributed by atoms with E-state index in [2.05, 4.69) is 82.5 Å². The fraction of sp³-hybridized carbons (Fsp3) is 0.308. The van der Waals surface area contributed by atoms with Crippen LogP contribution >= 0.6 is 0 Å². The molecule has 21 heteroatoms. The Balaban J connectivity index is 0.000000156. The van der Waals surface area contributed by atoms with Crippen molar-refractivity contribution >= 4 is 31.3 Å². The quantitative estimate of drug-likeness (QED) is 0.0620. The van der Waals surface area contributed by atoms with Crippen LogP contribution in [0.5, 0.6) is 0 Å². The minimum absolute atomic E-state index is 0.163. The molecular weight excluding hydrogens is 941 g/mol. The van der Waals surface area contributed by atoms with Gasteiger partial charge in [0.2, 0.25) is 0 Å². The second kappa shape index (κ2) is 23.5. The number of anilines is 2. The molecule has 20 nitrogen and oxygen atoms in total. The predicted octanol–water partition coefficient (Wildman–Crippen LogP) is 7.18. The highest BCUT2D eigenvalue weighted by Gasteiger charge is 2.31. The number of rotatable bonds is 14. The Morgan fingerprint density at radius 3 is 1.97 bits per heavy atom. The Bertz CT molecular complexity index is 3240. The molecule has 0 spiro atoms. The smallest absolute Gasteiger partial charge is 0.356 e. The van der Waals surface area contributed by atoms with Crippen LogP contribution in [0.15, 0.2) is 111 Å². The van der Waals surface area contributed by atoms with Crippen LogP contribution in [0.3, 0.4) is 0 Å². The van der Waals surface area contributed by atoms with E-state index in [4.69, 9.17) is 21.0 Å². The molecular formula is C52H56N16O4Si. The molecule has 0 fully saturated rings. The molecule has 5 N–H and O–H groups in total. The van der Waals surface area contributed by atoms with E-state index in [0.29, 0.717) is 67.0 Å². The van der Waals surface area contributed by atoms with Gasteiger partial charge in [0.15, 0.2) is 11.4 Å². The number of aromatic nitrogens is 12. The van der Waals surface area contributed by atoms with Crippen LogP contribution < -0.4 is 11.1 Å². The van der Waals surface area contributed by atoms with Crippen LogP contribution in [0.25, 0.3) is 0 Å². The molecule has 0 saturated heterocycles. The van der Waals surface area contributed by atoms with Crippen molar-refractivity contribution in [1.29, 1.82) is 10.5 Å². The van der Waals surface area contributed by atoms with Crippen LogP contribution in [0.1, 0.15) is 102 Å². The number of carbonyl (C=O) groups excluding carboxylic acids is 1. The van der Waals surface area contributed by atoms with Crippen molar-refractivity contribution in [2.75, 3.05) is 17.7 Å². The number of ether oxygens (including phenoxy) is 1. The summed E-state index contributed by atoms with van der Waals surface area (Å²) in [4.78, 5) is 40.9. The predicted molar refractivity (Wildman–Crippen MR) is 273 cm³/mol. The van der Waals surface area contributed by atoms with Gasteiger partial charge in [0.05, 0.1) is 60.1 Å². The molecule has 2 aliphatic carbocycles. The molecule has 2 aliphatic rings. The third kappa shape index (κ3) is 13.6. The molecule has 2 unspecified atom stereocenters. The number of hydrogen-bond donors (Lipinski definition) is 4. The molecule has 2 atom stereocenters. The number of nitrogens with zero attached hydrogens (tertiary/aromatic N) is 13. The van der Waals surface area contributed by atoms with Gasteiger partial charge in [-0.3, -0.25) is 19.3 Å². The monoisotopic (exact) mass is 996 g/mol. The molecule has 10 rings (SSSR count). The number of nitrogens with one attached hydrogen (secondary N) is 2. The Kier molecular flexibility index (Phi) is 16.3. The highest BCUT2D eigenvalue weighted by Crippen LogP contribution is 2.35. The SMILES string of the molecule is C[Si](C)(C)CCOCn1nc(C(=O)O)c2c1CC(c1cncnc1)CC2.N#Cc1cccc(Cn2cc(N)cn2)c1.N#Cc1cccc(Cn2cc(NC(=O)c3n[nH]c4c3CCC(c3cncnc3)C4)cn2)c1. The number of carboxylic acids is 1. The van der Waals surface area contributed by atoms with Crippen LogP contribution in [0, 0.1) is 22.7 Å². The van der Waals surface area contributed by atoms with Gasteiger partial charge in [-0.2, -0.15) is 30.9 Å². The number of hydrogen-bond acceptors (Lipinski definition) is 14. The summed E-state index contributed by atoms with van der Waals surface area (Å²) in [6, 6.07) is 20.1. The average Bonchev–Trinajstić information content (AvgIpc) is 4.22. The van der Waals surface area contributed by atoms with Crippen molar-refractivity contribution in [3.63, 3.8) is 0 Å². The number of nitrogens with two attached hydrogens (primary N) is 1. The van der Waals surface area contributed by atoms with E-state index in [9.17, 15) is 14.7 Å². The normalized spacial score (nSPS) is 14.7. The average molecular weight is 997 g/mol. The number of H-pyrrole nitrogens is 1. The van der Waals surface area contributed by atoms with Crippen molar-refractivity contribution in [2.24, 2.45) is 0 Å². The maximum absolute atomic E-state index is 12.9. The molecule has 0 radical (unpaired) electrons. The minimum Gasteiger partial charge on any atom is -0.476 e. The Labute approximate surface area is 423 Å². The molecule has 73 heavy (non-hydrogen) atoms. The van der Waals surface area contributed by atoms with Crippen LogP contribution in [0.2, 0.25) is 25.7 Å². The van der Waals surface area contributed by atoms with Crippen LogP contribution in [-0.4, -0.2) is 91.1 Å². The van der Waals surface area contributed by atoms with Gasteiger partial charge in [0.1, 0.15) is 19.4 Å². The zero-order valence-electron chi connectivity index (χ0n) is 40.9. The first-order chi connectivity index (χ1) is 35.3. The van der Waals surface area contributed by atoms with Crippen molar-refractivity contribution in [3.8, 4) is 12.1 Å². The zero-order valence-corrected chi connectivity index (χ0v) is 41.9. The lowest BCUT2D eigenvalue weighted by atomic mass is 9.83. The van der Waals surface area contributed by atoms with E-state index in [0.717, 1.165) is 82.9 Å². The number of nitrogen functional groups attached to an aromatic ring is 1. The maximum atomic E-state index is 12.9. The first kappa shape index (κ1) is 50.7. The summed E-state index contributed by atoms with van der Waals surface area (Å²) in [6.45, 7) is 9.05. The van der Waals surface area contributed by atoms with E-state index in [1.165, 1.54) is 12.7 Å². The summed E-state index contributed by atoms with van der Waals surface area (Å²) in [5.74, 6) is -0.626. The number of aromatic carboxylic acids is 1. The number of carboxylic acid groups (broad SMARTS) is 1. The van der Waals surface area contributed by atoms with Crippen LogP contribution in [0.4, 0.5) is 11.4 Å². The molecule has 6 heterocycles. The third-order valence-corrected chi connectivity index (χ3v) is 14.3. The summed E-state index contributed by atoms with van der Waals surface area (Å²) < 4.78 is 11.0. The van der Waals surface area contributed by atoms with Crippen molar-refractivity contribution in [2.45, 2.75) is 95.9 Å². The fourth-order valence-electron chi connectivity index (χ4n) is 8.82. The third-order valence-electron chi connectivity index (χ3n) is 12.6. The lowest BCUT2D eigenvalue weighted by molar-refractivity contribution is 0.0668. The molecule has 0 aliphatic heterocycles. The van der Waals surface area contributed by atoms with Gasteiger partial charge < -0.3 is 20.9 Å². The zero-order chi connectivity index (χ0) is 51.3. The van der Waals surface area contributed by atoms with Gasteiger partial charge >= 0.3 is 5.97 Å². The fourth-order valence-corrected chi connectivity index (χ4v) is 9.57. The van der Waals surface area contributed by atoms with Gasteiger partial charge in [-0.05, 0) is 103 Å². The Morgan fingerprint density at radius 2 is 1.40 bits per heavy atom. The summed E-state index contributed by atoms with van der Waals surface area (Å²) in [7, 11) is -1.15. The minimum atomic E-state index is -1.15. The first-order valence-corrected chi connectivity index (χ1v) is 27.6. The Morgan fingerprint density at radius 1 is 0.808 bits per heavy atom. The number of nitriles is 2. The topological polar surface area (TPSA) is 283 Å². The molecule has 6 aromatic heterocycles. The van der Waals surface area contributed by atoms with Gasteiger partial charge in [0.25, 0.3) is 5.91 Å². The van der Waals surface area contributed by atoms with Crippen molar-refractivity contribution < 1.29 is 19.4 Å². The van der Waals surface area contributed by atoms with Gasteiger partial charge in [-0.25, -0.2) is 29.4 Å². The van der Waals surface area contributed by atoms with Crippen LogP contribution in [-0.2, 0) is 50.2 Å². The van der Waals surface area contributed by atoms with Crippen molar-refractivity contribution in [3.05, 3.63) is 178 Å². The largest absolute Gasteiger partial charge is 0.476 e. The first-order valence-electron chi connectivity index (χ1n) is 23.9. The van der Waals surface area contributed by atoms with E-state index < -0.39 is 14.0 Å². The number of benzene rings is 2. The van der Waals surface area contributed by atoms with Gasteiger partial charge in [0, 0.05) is 74.4 Å². The summed E-state index contributed by atoms with van der Waals surface area (Å²) >= 11 is 0. The molecule has 0 saturated carbocycles. The lowest BCUT2D eigenvalue weighted by Gasteiger charge is -2.23. The van der Waals surface area contributed by atoms with E-state index in [1.54, 1.807) is 51.0 Å². The summed E-state index contributed by atoms with van der Waals surface area (Å²) in [6.07, 6.45) is 21.9.